The zero-order valence-corrected chi connectivity index (χ0v) is 13.5. The Morgan fingerprint density at radius 1 is 1.24 bits per heavy atom. The highest BCUT2D eigenvalue weighted by atomic mass is 35.5. The molecule has 0 saturated carbocycles. The molecule has 0 aliphatic heterocycles. The molecule has 0 aromatic heterocycles. The fourth-order valence-corrected chi connectivity index (χ4v) is 2.58. The van der Waals surface area contributed by atoms with E-state index in [1.54, 1.807) is 30.0 Å². The minimum Gasteiger partial charge on any atom is -0.398 e. The van der Waals surface area contributed by atoms with Crippen molar-refractivity contribution >= 4 is 35.0 Å². The molecule has 1 amide bonds. The van der Waals surface area contributed by atoms with Gasteiger partial charge in [-0.2, -0.15) is 0 Å². The maximum absolute atomic E-state index is 12.2. The number of thioether (sulfide) groups is 1. The number of nitrogen functional groups attached to an aromatic ring is 1. The van der Waals surface area contributed by atoms with E-state index in [4.69, 9.17) is 17.3 Å². The quantitative estimate of drug-likeness (QED) is 0.657. The van der Waals surface area contributed by atoms with Gasteiger partial charge < -0.3 is 11.1 Å². The molecule has 0 spiro atoms. The number of amides is 1. The minimum absolute atomic E-state index is 0.0940. The minimum atomic E-state index is -0.203. The van der Waals surface area contributed by atoms with Crippen LogP contribution in [0.3, 0.4) is 0 Å². The van der Waals surface area contributed by atoms with Gasteiger partial charge in [-0.1, -0.05) is 23.7 Å². The van der Waals surface area contributed by atoms with E-state index in [1.165, 1.54) is 4.90 Å². The SMILES string of the molecule is CSc1ccc(C(C)NC(=O)c2ccc(Cl)cc2N)cc1. The number of nitrogens with two attached hydrogens (primary N) is 1. The molecule has 0 radical (unpaired) electrons. The van der Waals surface area contributed by atoms with Crippen LogP contribution < -0.4 is 11.1 Å². The maximum Gasteiger partial charge on any atom is 0.253 e. The van der Waals surface area contributed by atoms with Crippen LogP contribution in [0.2, 0.25) is 5.02 Å². The van der Waals surface area contributed by atoms with Crippen LogP contribution in [0.15, 0.2) is 47.4 Å². The van der Waals surface area contributed by atoms with Crippen molar-refractivity contribution in [3.05, 3.63) is 58.6 Å². The lowest BCUT2D eigenvalue weighted by atomic mass is 10.1. The molecule has 0 aliphatic rings. The molecule has 1 atom stereocenters. The van der Waals surface area contributed by atoms with Crippen molar-refractivity contribution < 1.29 is 4.79 Å². The van der Waals surface area contributed by atoms with Crippen LogP contribution in [0.25, 0.3) is 0 Å². The van der Waals surface area contributed by atoms with Gasteiger partial charge in [0.15, 0.2) is 0 Å². The molecule has 2 aromatic rings. The number of hydrogen-bond donors (Lipinski definition) is 2. The average Bonchev–Trinajstić information content (AvgIpc) is 2.47. The third-order valence-electron chi connectivity index (χ3n) is 3.22. The van der Waals surface area contributed by atoms with Gasteiger partial charge in [-0.15, -0.1) is 11.8 Å². The van der Waals surface area contributed by atoms with Crippen LogP contribution >= 0.6 is 23.4 Å². The second kappa shape index (κ2) is 6.87. The van der Waals surface area contributed by atoms with E-state index in [9.17, 15) is 4.79 Å². The number of carbonyl (C=O) groups is 1. The first kappa shape index (κ1) is 15.7. The Kier molecular flexibility index (Phi) is 5.15. The fraction of sp³-hybridized carbons (Fsp3) is 0.188. The number of hydrogen-bond acceptors (Lipinski definition) is 3. The second-order valence-corrected chi connectivity index (χ2v) is 6.02. The summed E-state index contributed by atoms with van der Waals surface area (Å²) < 4.78 is 0. The molecule has 0 heterocycles. The van der Waals surface area contributed by atoms with E-state index in [0.717, 1.165) is 5.56 Å². The smallest absolute Gasteiger partial charge is 0.253 e. The van der Waals surface area contributed by atoms with Gasteiger partial charge in [-0.25, -0.2) is 0 Å². The van der Waals surface area contributed by atoms with Crippen LogP contribution in [-0.4, -0.2) is 12.2 Å². The molecule has 1 unspecified atom stereocenters. The number of nitrogens with one attached hydrogen (secondary N) is 1. The standard InChI is InChI=1S/C16H17ClN2OS/c1-10(11-3-6-13(21-2)7-4-11)19-16(20)14-8-5-12(17)9-15(14)18/h3-10H,18H2,1-2H3,(H,19,20). The number of benzene rings is 2. The summed E-state index contributed by atoms with van der Waals surface area (Å²) in [6.07, 6.45) is 2.03. The van der Waals surface area contributed by atoms with Crippen molar-refractivity contribution in [1.82, 2.24) is 5.32 Å². The van der Waals surface area contributed by atoms with Crippen LogP contribution in [0, 0.1) is 0 Å². The van der Waals surface area contributed by atoms with Crippen molar-refractivity contribution in [2.75, 3.05) is 12.0 Å². The Balaban J connectivity index is 2.10. The lowest BCUT2D eigenvalue weighted by Gasteiger charge is -2.15. The molecule has 110 valence electrons. The van der Waals surface area contributed by atoms with Crippen LogP contribution in [0.4, 0.5) is 5.69 Å². The van der Waals surface area contributed by atoms with E-state index in [1.807, 2.05) is 37.4 Å². The lowest BCUT2D eigenvalue weighted by molar-refractivity contribution is 0.0941. The monoisotopic (exact) mass is 320 g/mol. The van der Waals surface area contributed by atoms with Gasteiger partial charge in [0.25, 0.3) is 5.91 Å². The van der Waals surface area contributed by atoms with Gasteiger partial charge in [0.05, 0.1) is 11.6 Å². The summed E-state index contributed by atoms with van der Waals surface area (Å²) in [5.41, 5.74) is 7.69. The van der Waals surface area contributed by atoms with Gasteiger partial charge in [-0.3, -0.25) is 4.79 Å². The largest absolute Gasteiger partial charge is 0.398 e. The van der Waals surface area contributed by atoms with Crippen LogP contribution in [-0.2, 0) is 0 Å². The van der Waals surface area contributed by atoms with E-state index < -0.39 is 0 Å². The third kappa shape index (κ3) is 3.93. The Labute approximate surface area is 133 Å². The molecule has 0 fully saturated rings. The van der Waals surface area contributed by atoms with Crippen molar-refractivity contribution in [2.24, 2.45) is 0 Å². The predicted octanol–water partition coefficient (Wildman–Crippen LogP) is 4.14. The first-order valence-electron chi connectivity index (χ1n) is 6.51. The Morgan fingerprint density at radius 2 is 1.90 bits per heavy atom. The van der Waals surface area contributed by atoms with Gasteiger partial charge in [0.1, 0.15) is 0 Å². The van der Waals surface area contributed by atoms with E-state index in [0.29, 0.717) is 16.3 Å². The lowest BCUT2D eigenvalue weighted by Crippen LogP contribution is -2.27. The van der Waals surface area contributed by atoms with Crippen molar-refractivity contribution in [3.8, 4) is 0 Å². The third-order valence-corrected chi connectivity index (χ3v) is 4.20. The summed E-state index contributed by atoms with van der Waals surface area (Å²) in [5, 5.41) is 3.46. The molecule has 2 rings (SSSR count). The molecular weight excluding hydrogens is 304 g/mol. The van der Waals surface area contributed by atoms with E-state index >= 15 is 0 Å². The summed E-state index contributed by atoms with van der Waals surface area (Å²) in [6.45, 7) is 1.94. The molecular formula is C16H17ClN2OS. The number of carbonyl (C=O) groups excluding carboxylic acids is 1. The highest BCUT2D eigenvalue weighted by Gasteiger charge is 2.14. The summed E-state index contributed by atoms with van der Waals surface area (Å²) in [7, 11) is 0. The summed E-state index contributed by atoms with van der Waals surface area (Å²) >= 11 is 7.53. The molecule has 0 bridgehead atoms. The zero-order chi connectivity index (χ0) is 15.4. The topological polar surface area (TPSA) is 55.1 Å². The normalized spacial score (nSPS) is 12.0. The Morgan fingerprint density at radius 3 is 2.48 bits per heavy atom. The number of rotatable bonds is 4. The van der Waals surface area contributed by atoms with Gasteiger partial charge in [-0.05, 0) is 49.1 Å². The van der Waals surface area contributed by atoms with E-state index in [-0.39, 0.29) is 11.9 Å². The molecule has 3 nitrogen and oxygen atoms in total. The highest BCUT2D eigenvalue weighted by Crippen LogP contribution is 2.21. The zero-order valence-electron chi connectivity index (χ0n) is 11.9. The Hall–Kier alpha value is -1.65. The molecule has 3 N–H and O–H groups in total. The fourth-order valence-electron chi connectivity index (χ4n) is 1.99. The molecule has 2 aromatic carbocycles. The van der Waals surface area contributed by atoms with Gasteiger partial charge in [0.2, 0.25) is 0 Å². The highest BCUT2D eigenvalue weighted by molar-refractivity contribution is 7.98. The molecule has 0 aliphatic carbocycles. The van der Waals surface area contributed by atoms with Crippen LogP contribution in [0.5, 0.6) is 0 Å². The first-order chi connectivity index (χ1) is 10.0. The van der Waals surface area contributed by atoms with Gasteiger partial charge in [0, 0.05) is 15.6 Å². The summed E-state index contributed by atoms with van der Waals surface area (Å²) in [6, 6.07) is 12.9. The average molecular weight is 321 g/mol. The number of anilines is 1. The molecule has 0 saturated heterocycles. The maximum atomic E-state index is 12.2. The van der Waals surface area contributed by atoms with Crippen molar-refractivity contribution in [2.45, 2.75) is 17.9 Å². The van der Waals surface area contributed by atoms with Crippen LogP contribution in [0.1, 0.15) is 28.9 Å². The van der Waals surface area contributed by atoms with E-state index in [2.05, 4.69) is 5.32 Å². The second-order valence-electron chi connectivity index (χ2n) is 4.70. The predicted molar refractivity (Wildman–Crippen MR) is 90.0 cm³/mol. The molecule has 5 heteroatoms. The molecule has 21 heavy (non-hydrogen) atoms. The first-order valence-corrected chi connectivity index (χ1v) is 8.11. The van der Waals surface area contributed by atoms with Crippen molar-refractivity contribution in [3.63, 3.8) is 0 Å². The summed E-state index contributed by atoms with van der Waals surface area (Å²) in [4.78, 5) is 13.4. The summed E-state index contributed by atoms with van der Waals surface area (Å²) in [5.74, 6) is -0.203. The van der Waals surface area contributed by atoms with Gasteiger partial charge >= 0.3 is 0 Å². The number of halogens is 1. The van der Waals surface area contributed by atoms with Crippen molar-refractivity contribution in [1.29, 1.82) is 0 Å². The Bertz CT molecular complexity index is 643.